The van der Waals surface area contributed by atoms with Crippen molar-refractivity contribution in [3.8, 4) is 0 Å². The Morgan fingerprint density at radius 1 is 1.10 bits per heavy atom. The summed E-state index contributed by atoms with van der Waals surface area (Å²) in [7, 11) is -5.37. The van der Waals surface area contributed by atoms with Crippen LogP contribution in [0.1, 0.15) is 11.5 Å². The number of benzene rings is 1. The number of nitrogens with two attached hydrogens (primary N) is 1. The van der Waals surface area contributed by atoms with Crippen LogP contribution in [0.3, 0.4) is 0 Å². The molecule has 0 aliphatic carbocycles. The van der Waals surface area contributed by atoms with Crippen LogP contribution < -0.4 is 11.1 Å². The van der Waals surface area contributed by atoms with Crippen molar-refractivity contribution in [2.24, 2.45) is 5.73 Å². The molecule has 1 aromatic rings. The summed E-state index contributed by atoms with van der Waals surface area (Å²) in [4.78, 5) is 0.0391. The van der Waals surface area contributed by atoms with Crippen molar-refractivity contribution >= 4 is 19.7 Å². The van der Waals surface area contributed by atoms with Gasteiger partial charge in [-0.05, 0) is 24.7 Å². The maximum atomic E-state index is 11.9. The molecule has 0 radical (unpaired) electrons. The van der Waals surface area contributed by atoms with Crippen molar-refractivity contribution in [1.29, 1.82) is 0 Å². The Labute approximate surface area is 120 Å². The summed E-state index contributed by atoms with van der Waals surface area (Å²) in [5.41, 5.74) is 5.96. The minimum atomic E-state index is -3.54. The molecule has 1 unspecified atom stereocenters. The second-order valence-corrected chi connectivity index (χ2v) is 8.67. The molecule has 20 heavy (non-hydrogen) atoms. The molecule has 8 heteroatoms. The topological polar surface area (TPSA) is 106 Å². The zero-order chi connectivity index (χ0) is 15.6. The van der Waals surface area contributed by atoms with E-state index in [4.69, 9.17) is 5.73 Å². The van der Waals surface area contributed by atoms with E-state index >= 15 is 0 Å². The molecule has 114 valence electrons. The first-order chi connectivity index (χ1) is 9.12. The fraction of sp³-hybridized carbons (Fsp3) is 0.500. The summed E-state index contributed by atoms with van der Waals surface area (Å²) in [5.74, 6) is -0.393. The lowest BCUT2D eigenvalue weighted by Gasteiger charge is -2.21. The normalized spacial score (nSPS) is 14.2. The predicted molar refractivity (Wildman–Crippen MR) is 78.4 cm³/mol. The Morgan fingerprint density at radius 3 is 1.85 bits per heavy atom. The predicted octanol–water partition coefficient (Wildman–Crippen LogP) is -0.245. The van der Waals surface area contributed by atoms with E-state index < -0.39 is 25.6 Å². The zero-order valence-electron chi connectivity index (χ0n) is 11.8. The minimum Gasteiger partial charge on any atom is -0.330 e. The molecule has 0 bridgehead atoms. The van der Waals surface area contributed by atoms with Crippen LogP contribution in [-0.2, 0) is 19.7 Å². The average Bonchev–Trinajstić information content (AvgIpc) is 2.33. The molecule has 3 N–H and O–H groups in total. The first-order valence-electron chi connectivity index (χ1n) is 6.00. The van der Waals surface area contributed by atoms with Crippen LogP contribution in [0.5, 0.6) is 0 Å². The van der Waals surface area contributed by atoms with E-state index in [1.54, 1.807) is 7.05 Å². The molecule has 6 nitrogen and oxygen atoms in total. The average molecular weight is 320 g/mol. The SMILES string of the molecule is CNCC(CN)c1c(S(C)(=O)=O)cccc1S(C)(=O)=O. The molecule has 0 spiro atoms. The van der Waals surface area contributed by atoms with Gasteiger partial charge in [0.1, 0.15) is 0 Å². The Hall–Kier alpha value is -0.960. The van der Waals surface area contributed by atoms with Crippen LogP contribution >= 0.6 is 0 Å². The number of rotatable bonds is 6. The summed E-state index contributed by atoms with van der Waals surface area (Å²) in [6.07, 6.45) is 2.12. The van der Waals surface area contributed by atoms with E-state index in [-0.39, 0.29) is 21.9 Å². The Balaban J connectivity index is 3.73. The lowest BCUT2D eigenvalue weighted by molar-refractivity contribution is 0.580. The van der Waals surface area contributed by atoms with E-state index in [1.807, 2.05) is 0 Å². The number of sulfone groups is 2. The maximum absolute atomic E-state index is 11.9. The smallest absolute Gasteiger partial charge is 0.175 e. The van der Waals surface area contributed by atoms with Crippen LogP contribution in [0.2, 0.25) is 0 Å². The van der Waals surface area contributed by atoms with Gasteiger partial charge in [0, 0.05) is 31.5 Å². The summed E-state index contributed by atoms with van der Waals surface area (Å²) in [6.45, 7) is 0.543. The van der Waals surface area contributed by atoms with Gasteiger partial charge < -0.3 is 11.1 Å². The number of hydrogen-bond acceptors (Lipinski definition) is 6. The van der Waals surface area contributed by atoms with Gasteiger partial charge in [0.25, 0.3) is 0 Å². The van der Waals surface area contributed by atoms with Gasteiger partial charge >= 0.3 is 0 Å². The second kappa shape index (κ2) is 6.21. The molecular weight excluding hydrogens is 300 g/mol. The number of likely N-dealkylation sites (N-methyl/N-ethyl adjacent to an activating group) is 1. The monoisotopic (exact) mass is 320 g/mol. The Bertz CT molecular complexity index is 631. The van der Waals surface area contributed by atoms with Crippen LogP contribution in [-0.4, -0.2) is 49.5 Å². The van der Waals surface area contributed by atoms with E-state index in [0.29, 0.717) is 6.54 Å². The highest BCUT2D eigenvalue weighted by Gasteiger charge is 2.26. The molecule has 0 fully saturated rings. The molecule has 1 aromatic carbocycles. The van der Waals surface area contributed by atoms with E-state index in [0.717, 1.165) is 12.5 Å². The van der Waals surface area contributed by atoms with E-state index in [2.05, 4.69) is 5.32 Å². The fourth-order valence-electron chi connectivity index (χ4n) is 2.12. The molecule has 0 amide bonds. The van der Waals surface area contributed by atoms with Gasteiger partial charge in [-0.1, -0.05) is 6.07 Å². The van der Waals surface area contributed by atoms with Gasteiger partial charge in [-0.3, -0.25) is 0 Å². The largest absolute Gasteiger partial charge is 0.330 e. The first-order valence-corrected chi connectivity index (χ1v) is 9.79. The van der Waals surface area contributed by atoms with E-state index in [1.165, 1.54) is 18.2 Å². The highest BCUT2D eigenvalue weighted by molar-refractivity contribution is 7.91. The van der Waals surface area contributed by atoms with Crippen LogP contribution in [0, 0.1) is 0 Å². The molecule has 0 aromatic heterocycles. The fourth-order valence-corrected chi connectivity index (χ4v) is 4.19. The number of hydrogen-bond donors (Lipinski definition) is 2. The second-order valence-electron chi connectivity index (χ2n) is 4.70. The summed E-state index contributed by atoms with van der Waals surface area (Å²) < 4.78 is 47.6. The quantitative estimate of drug-likeness (QED) is 0.749. The van der Waals surface area contributed by atoms with Gasteiger partial charge in [0.15, 0.2) is 19.7 Å². The van der Waals surface area contributed by atoms with Gasteiger partial charge in [-0.2, -0.15) is 0 Å². The molecular formula is C12H20N2O4S2. The molecule has 0 saturated heterocycles. The molecule has 0 saturated carbocycles. The van der Waals surface area contributed by atoms with Crippen LogP contribution in [0.4, 0.5) is 0 Å². The summed E-state index contributed by atoms with van der Waals surface area (Å²) >= 11 is 0. The summed E-state index contributed by atoms with van der Waals surface area (Å²) in [5, 5.41) is 2.90. The maximum Gasteiger partial charge on any atom is 0.175 e. The van der Waals surface area contributed by atoms with Gasteiger partial charge in [-0.15, -0.1) is 0 Å². The van der Waals surface area contributed by atoms with Crippen molar-refractivity contribution in [1.82, 2.24) is 5.32 Å². The third-order valence-corrected chi connectivity index (χ3v) is 5.28. The van der Waals surface area contributed by atoms with Crippen molar-refractivity contribution in [3.05, 3.63) is 23.8 Å². The third kappa shape index (κ3) is 3.78. The van der Waals surface area contributed by atoms with Gasteiger partial charge in [0.05, 0.1) is 9.79 Å². The molecule has 0 aliphatic heterocycles. The zero-order valence-corrected chi connectivity index (χ0v) is 13.4. The highest BCUT2D eigenvalue weighted by Crippen LogP contribution is 2.30. The Morgan fingerprint density at radius 2 is 1.55 bits per heavy atom. The first kappa shape index (κ1) is 17.1. The molecule has 0 heterocycles. The van der Waals surface area contributed by atoms with Gasteiger partial charge in [0.2, 0.25) is 0 Å². The van der Waals surface area contributed by atoms with Crippen LogP contribution in [0.25, 0.3) is 0 Å². The van der Waals surface area contributed by atoms with Crippen molar-refractivity contribution < 1.29 is 16.8 Å². The minimum absolute atomic E-state index is 0.0196. The van der Waals surface area contributed by atoms with Gasteiger partial charge in [-0.25, -0.2) is 16.8 Å². The summed E-state index contributed by atoms with van der Waals surface area (Å²) in [6, 6.07) is 4.26. The third-order valence-electron chi connectivity index (χ3n) is 2.97. The standard InChI is InChI=1S/C12H20N2O4S2/c1-14-8-9(7-13)12-10(19(2,15)16)5-4-6-11(12)20(3,17)18/h4-6,9,14H,7-8,13H2,1-3H3. The Kier molecular flexibility index (Phi) is 5.31. The lowest BCUT2D eigenvalue weighted by atomic mass is 9.99. The number of nitrogens with one attached hydrogen (secondary N) is 1. The van der Waals surface area contributed by atoms with Crippen molar-refractivity contribution in [3.63, 3.8) is 0 Å². The molecule has 1 rings (SSSR count). The lowest BCUT2D eigenvalue weighted by Crippen LogP contribution is -2.27. The highest BCUT2D eigenvalue weighted by atomic mass is 32.2. The van der Waals surface area contributed by atoms with Crippen molar-refractivity contribution in [2.45, 2.75) is 15.7 Å². The molecule has 1 atom stereocenters. The molecule has 0 aliphatic rings. The van der Waals surface area contributed by atoms with E-state index in [9.17, 15) is 16.8 Å². The van der Waals surface area contributed by atoms with Crippen molar-refractivity contribution in [2.75, 3.05) is 32.6 Å². The van der Waals surface area contributed by atoms with Crippen LogP contribution in [0.15, 0.2) is 28.0 Å².